The molecule has 1 rings (SSSR count). The van der Waals surface area contributed by atoms with Crippen molar-refractivity contribution in [1.82, 2.24) is 4.57 Å². The largest absolute Gasteiger partial charge is 0.478 e. The summed E-state index contributed by atoms with van der Waals surface area (Å²) in [4.78, 5) is 10.4. The number of rotatable bonds is 2. The van der Waals surface area contributed by atoms with Crippen LogP contribution >= 0.6 is 15.9 Å². The zero-order chi connectivity index (χ0) is 8.43. The van der Waals surface area contributed by atoms with Crippen molar-refractivity contribution < 1.29 is 9.90 Å². The van der Waals surface area contributed by atoms with Gasteiger partial charge in [-0.25, -0.2) is 4.79 Å². The quantitative estimate of drug-likeness (QED) is 0.824. The first-order valence-corrected chi connectivity index (χ1v) is 4.03. The number of aromatic carboxylic acids is 1. The summed E-state index contributed by atoms with van der Waals surface area (Å²) >= 11 is 3.25. The van der Waals surface area contributed by atoms with Crippen molar-refractivity contribution in [2.24, 2.45) is 0 Å². The van der Waals surface area contributed by atoms with Gasteiger partial charge in [-0.05, 0) is 28.9 Å². The van der Waals surface area contributed by atoms with Crippen molar-refractivity contribution in [3.05, 3.63) is 22.4 Å². The van der Waals surface area contributed by atoms with E-state index >= 15 is 0 Å². The molecule has 1 aromatic rings. The molecule has 0 unspecified atom stereocenters. The second-order valence-corrected chi connectivity index (χ2v) is 2.96. The van der Waals surface area contributed by atoms with Gasteiger partial charge in [0.15, 0.2) is 0 Å². The first-order chi connectivity index (χ1) is 5.15. The van der Waals surface area contributed by atoms with Gasteiger partial charge in [0.2, 0.25) is 0 Å². The first-order valence-electron chi connectivity index (χ1n) is 3.24. The van der Waals surface area contributed by atoms with Crippen LogP contribution in [0.5, 0.6) is 0 Å². The van der Waals surface area contributed by atoms with Gasteiger partial charge in [0.05, 0.1) is 10.2 Å². The Hall–Kier alpha value is -0.770. The molecule has 0 fully saturated rings. The number of hydrogen-bond acceptors (Lipinski definition) is 1. The highest BCUT2D eigenvalue weighted by molar-refractivity contribution is 9.10. The fourth-order valence-corrected chi connectivity index (χ4v) is 1.44. The predicted molar refractivity (Wildman–Crippen MR) is 44.8 cm³/mol. The van der Waals surface area contributed by atoms with Crippen molar-refractivity contribution in [3.63, 3.8) is 0 Å². The van der Waals surface area contributed by atoms with E-state index in [1.807, 2.05) is 11.5 Å². The van der Waals surface area contributed by atoms with Gasteiger partial charge >= 0.3 is 5.97 Å². The zero-order valence-corrected chi connectivity index (χ0v) is 7.63. The normalized spacial score (nSPS) is 10.0. The van der Waals surface area contributed by atoms with Crippen molar-refractivity contribution in [3.8, 4) is 0 Å². The number of aromatic nitrogens is 1. The van der Waals surface area contributed by atoms with Crippen LogP contribution in [0.2, 0.25) is 0 Å². The van der Waals surface area contributed by atoms with E-state index < -0.39 is 5.97 Å². The van der Waals surface area contributed by atoms with Crippen LogP contribution in [0.25, 0.3) is 0 Å². The maximum absolute atomic E-state index is 10.4. The third kappa shape index (κ3) is 1.63. The van der Waals surface area contributed by atoms with Crippen LogP contribution in [0.15, 0.2) is 16.9 Å². The van der Waals surface area contributed by atoms with Crippen LogP contribution in [-0.4, -0.2) is 15.6 Å². The number of nitrogens with zero attached hydrogens (tertiary/aromatic N) is 1. The Morgan fingerprint density at radius 2 is 2.45 bits per heavy atom. The van der Waals surface area contributed by atoms with Crippen molar-refractivity contribution in [2.45, 2.75) is 13.5 Å². The lowest BCUT2D eigenvalue weighted by Gasteiger charge is -1.95. The third-order valence-corrected chi connectivity index (χ3v) is 2.12. The molecule has 1 heterocycles. The zero-order valence-electron chi connectivity index (χ0n) is 6.04. The Morgan fingerprint density at radius 1 is 1.82 bits per heavy atom. The van der Waals surface area contributed by atoms with E-state index in [0.29, 0.717) is 5.56 Å². The van der Waals surface area contributed by atoms with Crippen LogP contribution in [0.1, 0.15) is 17.3 Å². The molecule has 0 radical (unpaired) electrons. The number of hydrogen-bond donors (Lipinski definition) is 1. The predicted octanol–water partition coefficient (Wildman–Crippen LogP) is 1.97. The van der Waals surface area contributed by atoms with Crippen LogP contribution in [0.3, 0.4) is 0 Å². The number of carbonyl (C=O) groups is 1. The minimum atomic E-state index is -0.891. The SMILES string of the molecule is CCn1cc(C(=O)O)cc1Br. The molecule has 60 valence electrons. The molecular formula is C7H8BrNO2. The smallest absolute Gasteiger partial charge is 0.337 e. The standard InChI is InChI=1S/C7H8BrNO2/c1-2-9-4-5(7(10)11)3-6(9)8/h3-4H,2H2,1H3,(H,10,11). The van der Waals surface area contributed by atoms with E-state index in [9.17, 15) is 4.79 Å². The van der Waals surface area contributed by atoms with Gasteiger partial charge in [0.25, 0.3) is 0 Å². The minimum absolute atomic E-state index is 0.318. The van der Waals surface area contributed by atoms with Crippen LogP contribution < -0.4 is 0 Å². The second-order valence-electron chi connectivity index (χ2n) is 2.14. The van der Waals surface area contributed by atoms with Gasteiger partial charge < -0.3 is 9.67 Å². The number of aryl methyl sites for hydroxylation is 1. The number of halogens is 1. The summed E-state index contributed by atoms with van der Waals surface area (Å²) in [5.41, 5.74) is 0.318. The van der Waals surface area contributed by atoms with Gasteiger partial charge in [-0.1, -0.05) is 0 Å². The van der Waals surface area contributed by atoms with Crippen molar-refractivity contribution >= 4 is 21.9 Å². The average Bonchev–Trinajstić information content (AvgIpc) is 2.31. The fourth-order valence-electron chi connectivity index (χ4n) is 0.837. The molecule has 0 aliphatic heterocycles. The molecular weight excluding hydrogens is 210 g/mol. The molecule has 0 saturated carbocycles. The Labute approximate surface area is 72.8 Å². The highest BCUT2D eigenvalue weighted by Crippen LogP contribution is 2.14. The van der Waals surface area contributed by atoms with Crippen LogP contribution in [0.4, 0.5) is 0 Å². The lowest BCUT2D eigenvalue weighted by atomic mass is 10.4. The van der Waals surface area contributed by atoms with E-state index in [4.69, 9.17) is 5.11 Å². The molecule has 0 aromatic carbocycles. The topological polar surface area (TPSA) is 42.2 Å². The van der Waals surface area contributed by atoms with E-state index in [2.05, 4.69) is 15.9 Å². The van der Waals surface area contributed by atoms with Crippen molar-refractivity contribution in [1.29, 1.82) is 0 Å². The fraction of sp³-hybridized carbons (Fsp3) is 0.286. The summed E-state index contributed by atoms with van der Waals surface area (Å²) in [6.07, 6.45) is 1.60. The maximum Gasteiger partial charge on any atom is 0.337 e. The molecule has 0 bridgehead atoms. The monoisotopic (exact) mass is 217 g/mol. The van der Waals surface area contributed by atoms with Gasteiger partial charge in [0.1, 0.15) is 0 Å². The summed E-state index contributed by atoms with van der Waals surface area (Å²) in [7, 11) is 0. The molecule has 1 aromatic heterocycles. The number of carboxylic acid groups (broad SMARTS) is 1. The third-order valence-electron chi connectivity index (χ3n) is 1.43. The van der Waals surface area contributed by atoms with E-state index in [0.717, 1.165) is 11.1 Å². The van der Waals surface area contributed by atoms with E-state index in [-0.39, 0.29) is 0 Å². The van der Waals surface area contributed by atoms with Gasteiger partial charge in [-0.2, -0.15) is 0 Å². The highest BCUT2D eigenvalue weighted by Gasteiger charge is 2.07. The van der Waals surface area contributed by atoms with Crippen LogP contribution in [0, 0.1) is 0 Å². The van der Waals surface area contributed by atoms with Crippen LogP contribution in [-0.2, 0) is 6.54 Å². The molecule has 0 saturated heterocycles. The summed E-state index contributed by atoms with van der Waals surface area (Å²) in [6, 6.07) is 1.59. The summed E-state index contributed by atoms with van der Waals surface area (Å²) in [5.74, 6) is -0.891. The molecule has 0 atom stereocenters. The minimum Gasteiger partial charge on any atom is -0.478 e. The Kier molecular flexibility index (Phi) is 2.34. The van der Waals surface area contributed by atoms with E-state index in [1.165, 1.54) is 0 Å². The van der Waals surface area contributed by atoms with Crippen molar-refractivity contribution in [2.75, 3.05) is 0 Å². The molecule has 4 heteroatoms. The van der Waals surface area contributed by atoms with Gasteiger partial charge in [0, 0.05) is 12.7 Å². The second kappa shape index (κ2) is 3.09. The average molecular weight is 218 g/mol. The molecule has 11 heavy (non-hydrogen) atoms. The highest BCUT2D eigenvalue weighted by atomic mass is 79.9. The maximum atomic E-state index is 10.4. The lowest BCUT2D eigenvalue weighted by molar-refractivity contribution is 0.0697. The summed E-state index contributed by atoms with van der Waals surface area (Å²) in [5, 5.41) is 8.58. The Morgan fingerprint density at radius 3 is 2.73 bits per heavy atom. The summed E-state index contributed by atoms with van der Waals surface area (Å²) in [6.45, 7) is 2.73. The molecule has 3 nitrogen and oxygen atoms in total. The number of carboxylic acids is 1. The van der Waals surface area contributed by atoms with E-state index in [1.54, 1.807) is 12.3 Å². The molecule has 0 amide bonds. The Bertz CT molecular complexity index is 280. The summed E-state index contributed by atoms with van der Waals surface area (Å²) < 4.78 is 2.63. The molecule has 0 aliphatic carbocycles. The first kappa shape index (κ1) is 8.33. The Balaban J connectivity index is 3.05. The van der Waals surface area contributed by atoms with Gasteiger partial charge in [-0.15, -0.1) is 0 Å². The molecule has 0 spiro atoms. The lowest BCUT2D eigenvalue weighted by Crippen LogP contribution is -1.94. The van der Waals surface area contributed by atoms with Gasteiger partial charge in [-0.3, -0.25) is 0 Å². The molecule has 1 N–H and O–H groups in total. The molecule has 0 aliphatic rings.